The van der Waals surface area contributed by atoms with Gasteiger partial charge < -0.3 is 29.2 Å². The fraction of sp³-hybridized carbons (Fsp3) is 0.167. The predicted octanol–water partition coefficient (Wildman–Crippen LogP) is 4.30. The molecular formula is C30H23N3O6. The molecule has 3 aliphatic rings. The molecule has 2 amide bonds. The topological polar surface area (TPSA) is 99.2 Å². The number of para-hydroxylation sites is 1. The molecule has 0 fully saturated rings. The number of pyridine rings is 1. The Kier molecular flexibility index (Phi) is 5.19. The molecule has 9 nitrogen and oxygen atoms in total. The van der Waals surface area contributed by atoms with Crippen LogP contribution in [0.3, 0.4) is 0 Å². The second-order valence-electron chi connectivity index (χ2n) is 9.54. The van der Waals surface area contributed by atoms with Gasteiger partial charge in [0, 0.05) is 28.9 Å². The highest BCUT2D eigenvalue weighted by Gasteiger charge is 2.57. The molecule has 39 heavy (non-hydrogen) atoms. The van der Waals surface area contributed by atoms with Gasteiger partial charge in [-0.15, -0.1) is 0 Å². The number of benzene rings is 3. The number of ether oxygens (including phenoxy) is 4. The highest BCUT2D eigenvalue weighted by atomic mass is 16.7. The summed E-state index contributed by atoms with van der Waals surface area (Å²) in [7, 11) is 1.53. The zero-order valence-electron chi connectivity index (χ0n) is 21.0. The molecule has 1 atom stereocenters. The largest absolute Gasteiger partial charge is 0.491 e. The van der Waals surface area contributed by atoms with E-state index < -0.39 is 5.41 Å². The highest BCUT2D eigenvalue weighted by molar-refractivity contribution is 6.11. The van der Waals surface area contributed by atoms with Crippen molar-refractivity contribution in [3.05, 3.63) is 101 Å². The number of aromatic nitrogens is 1. The number of nitrogens with one attached hydrogen (secondary N) is 1. The van der Waals surface area contributed by atoms with Crippen LogP contribution in [0.2, 0.25) is 0 Å². The fourth-order valence-electron chi connectivity index (χ4n) is 5.44. The van der Waals surface area contributed by atoms with Crippen LogP contribution in [0, 0.1) is 0 Å². The van der Waals surface area contributed by atoms with Gasteiger partial charge in [-0.05, 0) is 41.5 Å². The number of nitrogens with zero attached hydrogens (tertiary/aromatic N) is 2. The highest BCUT2D eigenvalue weighted by Crippen LogP contribution is 2.55. The molecule has 0 bridgehead atoms. The summed E-state index contributed by atoms with van der Waals surface area (Å²) in [5.74, 6) is 2.02. The van der Waals surface area contributed by atoms with Crippen LogP contribution in [0.4, 0.5) is 11.4 Å². The molecule has 4 heterocycles. The molecule has 0 aliphatic carbocycles. The first-order chi connectivity index (χ1) is 19.1. The molecule has 9 heteroatoms. The third-order valence-electron chi connectivity index (χ3n) is 7.40. The second-order valence-corrected chi connectivity index (χ2v) is 9.54. The Morgan fingerprint density at radius 1 is 0.974 bits per heavy atom. The van der Waals surface area contributed by atoms with Gasteiger partial charge in [0.1, 0.15) is 17.8 Å². The molecule has 0 saturated carbocycles. The van der Waals surface area contributed by atoms with E-state index >= 15 is 0 Å². The van der Waals surface area contributed by atoms with Crippen LogP contribution in [0.5, 0.6) is 23.1 Å². The van der Waals surface area contributed by atoms with Crippen molar-refractivity contribution in [1.29, 1.82) is 0 Å². The molecule has 7 rings (SSSR count). The number of fused-ring (bicyclic) bond motifs is 5. The molecule has 1 unspecified atom stereocenters. The van der Waals surface area contributed by atoms with Crippen LogP contribution in [0.15, 0.2) is 79.0 Å². The monoisotopic (exact) mass is 521 g/mol. The number of amides is 2. The maximum absolute atomic E-state index is 14.2. The Labute approximate surface area is 223 Å². The minimum absolute atomic E-state index is 0.0601. The van der Waals surface area contributed by atoms with Crippen molar-refractivity contribution in [2.75, 3.05) is 30.7 Å². The van der Waals surface area contributed by atoms with Crippen molar-refractivity contribution in [3.8, 4) is 23.1 Å². The average molecular weight is 522 g/mol. The van der Waals surface area contributed by atoms with E-state index in [1.807, 2.05) is 42.5 Å². The van der Waals surface area contributed by atoms with Gasteiger partial charge >= 0.3 is 0 Å². The van der Waals surface area contributed by atoms with E-state index in [4.69, 9.17) is 18.9 Å². The van der Waals surface area contributed by atoms with Crippen LogP contribution >= 0.6 is 0 Å². The van der Waals surface area contributed by atoms with Gasteiger partial charge in [-0.2, -0.15) is 0 Å². The summed E-state index contributed by atoms with van der Waals surface area (Å²) >= 11 is 0. The lowest BCUT2D eigenvalue weighted by Gasteiger charge is -2.23. The molecule has 1 aromatic heterocycles. The minimum Gasteiger partial charge on any atom is -0.491 e. The van der Waals surface area contributed by atoms with Gasteiger partial charge in [-0.3, -0.25) is 9.59 Å². The first kappa shape index (κ1) is 23.1. The van der Waals surface area contributed by atoms with E-state index in [9.17, 15) is 9.59 Å². The maximum Gasteiger partial charge on any atom is 0.255 e. The summed E-state index contributed by atoms with van der Waals surface area (Å²) in [6, 6.07) is 22.1. The molecule has 194 valence electrons. The van der Waals surface area contributed by atoms with Gasteiger partial charge in [0.2, 0.25) is 18.6 Å². The number of carbonyl (C=O) groups is 2. The van der Waals surface area contributed by atoms with Crippen molar-refractivity contribution in [3.63, 3.8) is 0 Å². The zero-order valence-corrected chi connectivity index (χ0v) is 21.0. The summed E-state index contributed by atoms with van der Waals surface area (Å²) in [5, 5.41) is 2.83. The Morgan fingerprint density at radius 3 is 2.54 bits per heavy atom. The maximum atomic E-state index is 14.2. The lowest BCUT2D eigenvalue weighted by atomic mass is 9.77. The predicted molar refractivity (Wildman–Crippen MR) is 142 cm³/mol. The molecule has 0 saturated heterocycles. The third kappa shape index (κ3) is 3.58. The lowest BCUT2D eigenvalue weighted by molar-refractivity contribution is -0.122. The molecule has 1 N–H and O–H groups in total. The standard InChI is InChI=1S/C30H23N3O6/c1-36-27-11-10-20(14-31-27)32-28(34)19-8-6-18(7-9-19)15-33-23-5-3-2-4-21(23)30(29(33)35)16-37-24-13-26-25(12-22(24)30)38-17-39-26/h2-14H,15-17H2,1H3,(H,32,34). The normalized spacial score (nSPS) is 18.1. The number of carbonyl (C=O) groups excluding carboxylic acids is 2. The number of rotatable bonds is 5. The van der Waals surface area contributed by atoms with Crippen LogP contribution in [-0.4, -0.2) is 37.3 Å². The summed E-state index contributed by atoms with van der Waals surface area (Å²) in [4.78, 5) is 32.8. The van der Waals surface area contributed by atoms with E-state index in [1.165, 1.54) is 13.3 Å². The molecule has 3 aromatic carbocycles. The third-order valence-corrected chi connectivity index (χ3v) is 7.40. The summed E-state index contributed by atoms with van der Waals surface area (Å²) in [6.07, 6.45) is 1.54. The van der Waals surface area contributed by atoms with Crippen LogP contribution < -0.4 is 29.2 Å². The lowest BCUT2D eigenvalue weighted by Crippen LogP contribution is -2.42. The van der Waals surface area contributed by atoms with Crippen LogP contribution in [-0.2, 0) is 16.8 Å². The van der Waals surface area contributed by atoms with Gasteiger partial charge in [-0.25, -0.2) is 4.98 Å². The molecular weight excluding hydrogens is 498 g/mol. The first-order valence-electron chi connectivity index (χ1n) is 12.5. The van der Waals surface area contributed by atoms with Crippen molar-refractivity contribution >= 4 is 23.2 Å². The van der Waals surface area contributed by atoms with Gasteiger partial charge in [-0.1, -0.05) is 30.3 Å². The smallest absolute Gasteiger partial charge is 0.255 e. The second kappa shape index (κ2) is 8.76. The fourth-order valence-corrected chi connectivity index (χ4v) is 5.44. The quantitative estimate of drug-likeness (QED) is 0.418. The van der Waals surface area contributed by atoms with Gasteiger partial charge in [0.05, 0.1) is 25.5 Å². The van der Waals surface area contributed by atoms with Gasteiger partial charge in [0.15, 0.2) is 11.5 Å². The molecule has 0 radical (unpaired) electrons. The Hall–Kier alpha value is -5.05. The summed E-state index contributed by atoms with van der Waals surface area (Å²) in [6.45, 7) is 0.700. The molecule has 1 spiro atoms. The Morgan fingerprint density at radius 2 is 1.77 bits per heavy atom. The van der Waals surface area contributed by atoms with E-state index in [0.29, 0.717) is 40.9 Å². The van der Waals surface area contributed by atoms with Crippen LogP contribution in [0.25, 0.3) is 0 Å². The van der Waals surface area contributed by atoms with Crippen molar-refractivity contribution in [2.45, 2.75) is 12.0 Å². The van der Waals surface area contributed by atoms with Crippen molar-refractivity contribution in [2.24, 2.45) is 0 Å². The number of methoxy groups -OCH3 is 1. The minimum atomic E-state index is -0.959. The molecule has 4 aromatic rings. The summed E-state index contributed by atoms with van der Waals surface area (Å²) in [5.41, 5.74) is 3.51. The Bertz CT molecular complexity index is 1620. The van der Waals surface area contributed by atoms with E-state index in [2.05, 4.69) is 10.3 Å². The van der Waals surface area contributed by atoms with Gasteiger partial charge in [0.25, 0.3) is 5.91 Å². The Balaban J connectivity index is 1.15. The van der Waals surface area contributed by atoms with Crippen molar-refractivity contribution < 1.29 is 28.5 Å². The number of anilines is 2. The van der Waals surface area contributed by atoms with E-state index in [0.717, 1.165) is 22.4 Å². The summed E-state index contributed by atoms with van der Waals surface area (Å²) < 4.78 is 22.2. The van der Waals surface area contributed by atoms with Crippen molar-refractivity contribution in [1.82, 2.24) is 4.98 Å². The van der Waals surface area contributed by atoms with E-state index in [-0.39, 0.29) is 25.2 Å². The first-order valence-corrected chi connectivity index (χ1v) is 12.5. The number of hydrogen-bond acceptors (Lipinski definition) is 7. The van der Waals surface area contributed by atoms with Crippen LogP contribution in [0.1, 0.15) is 27.0 Å². The zero-order chi connectivity index (χ0) is 26.6. The van der Waals surface area contributed by atoms with E-state index in [1.54, 1.807) is 35.2 Å². The molecule has 3 aliphatic heterocycles. The average Bonchev–Trinajstić information content (AvgIpc) is 3.65. The SMILES string of the molecule is COc1ccc(NC(=O)c2ccc(CN3C(=O)C4(COc5cc6c(cc54)OCO6)c4ccccc43)cc2)cn1. The number of hydrogen-bond donors (Lipinski definition) is 1.